The van der Waals surface area contributed by atoms with Crippen molar-refractivity contribution in [2.75, 3.05) is 26.2 Å². The van der Waals surface area contributed by atoms with E-state index in [4.69, 9.17) is 46.4 Å². The second-order valence-corrected chi connectivity index (χ2v) is 8.71. The van der Waals surface area contributed by atoms with Crippen molar-refractivity contribution >= 4 is 70.3 Å². The van der Waals surface area contributed by atoms with E-state index >= 15 is 0 Å². The molecule has 2 N–H and O–H groups in total. The molecule has 34 heavy (non-hydrogen) atoms. The van der Waals surface area contributed by atoms with Crippen LogP contribution >= 0.6 is 46.4 Å². The summed E-state index contributed by atoms with van der Waals surface area (Å²) in [5, 5.41) is 40.7. The zero-order valence-corrected chi connectivity index (χ0v) is 24.9. The number of halogens is 5. The molecule has 1 aromatic rings. The first-order chi connectivity index (χ1) is 14.6. The van der Waals surface area contributed by atoms with E-state index in [9.17, 15) is 44.0 Å². The Hall–Kier alpha value is 0.110. The van der Waals surface area contributed by atoms with Crippen LogP contribution in [0.2, 0.25) is 5.02 Å². The third kappa shape index (κ3) is 9.87. The predicted octanol–water partition coefficient (Wildman–Crippen LogP) is -6.63. The van der Waals surface area contributed by atoms with Crippen LogP contribution in [0.15, 0.2) is 18.2 Å². The van der Waals surface area contributed by atoms with Crippen LogP contribution in [0.25, 0.3) is 0 Å². The van der Waals surface area contributed by atoms with Gasteiger partial charge in [0, 0.05) is 43.2 Å². The van der Waals surface area contributed by atoms with E-state index in [-0.39, 0.29) is 64.1 Å². The molecule has 1 rings (SSSR count). The monoisotopic (exact) mass is 580 g/mol. The second kappa shape index (κ2) is 15.4. The number of benzene rings is 1. The molecule has 0 aromatic heterocycles. The minimum atomic E-state index is -3.02. The standard InChI is InChI=1S/C17H17Cl4FN2O8.2Na/c18-10-2-1-3-11(22)9(10)6-16(19,14(29)30)24(17(20,21)15(31)32)5-4-23(7-12(25)26)8-13(27)28;;/h1-3H,4-8H2,(H,25,26)(H,27,28)(H,29,30)(H,31,32);;/q;2*+1/p-2. The normalized spacial score (nSPS) is 12.9. The van der Waals surface area contributed by atoms with E-state index in [1.165, 1.54) is 12.1 Å². The van der Waals surface area contributed by atoms with Crippen LogP contribution in [0.4, 0.5) is 4.39 Å². The third-order valence-corrected chi connectivity index (χ3v) is 5.75. The summed E-state index contributed by atoms with van der Waals surface area (Å²) >= 11 is 23.8. The fourth-order valence-electron chi connectivity index (χ4n) is 2.70. The summed E-state index contributed by atoms with van der Waals surface area (Å²) in [6.07, 6.45) is -0.926. The van der Waals surface area contributed by atoms with Crippen LogP contribution in [-0.4, -0.2) is 79.5 Å². The minimum absolute atomic E-state index is 0. The van der Waals surface area contributed by atoms with Crippen molar-refractivity contribution in [1.29, 1.82) is 0 Å². The van der Waals surface area contributed by atoms with Crippen LogP contribution in [0.1, 0.15) is 5.56 Å². The summed E-state index contributed by atoms with van der Waals surface area (Å²) in [5.74, 6) is -8.18. The summed E-state index contributed by atoms with van der Waals surface area (Å²) in [6.45, 7) is -3.27. The number of aliphatic carboxylic acids is 4. The van der Waals surface area contributed by atoms with Crippen molar-refractivity contribution in [2.24, 2.45) is 0 Å². The first-order valence-corrected chi connectivity index (χ1v) is 10.00. The van der Waals surface area contributed by atoms with E-state index in [0.29, 0.717) is 4.90 Å². The van der Waals surface area contributed by atoms with E-state index in [2.05, 4.69) is 0 Å². The topological polar surface area (TPSA) is 161 Å². The number of hydrogen-bond acceptors (Lipinski definition) is 8. The smallest absolute Gasteiger partial charge is 0.549 e. The Morgan fingerprint density at radius 1 is 0.941 bits per heavy atom. The van der Waals surface area contributed by atoms with Crippen molar-refractivity contribution in [3.63, 3.8) is 0 Å². The quantitative estimate of drug-likeness (QED) is 0.130. The number of carboxylic acids is 4. The molecule has 0 aliphatic heterocycles. The number of carbonyl (C=O) groups excluding carboxylic acids is 2. The summed E-state index contributed by atoms with van der Waals surface area (Å²) in [5.41, 5.74) is -0.396. The van der Waals surface area contributed by atoms with Crippen LogP contribution in [-0.2, 0) is 25.6 Å². The van der Waals surface area contributed by atoms with Gasteiger partial charge in [0.15, 0.2) is 0 Å². The number of hydrogen-bond donors (Lipinski definition) is 2. The van der Waals surface area contributed by atoms with E-state index < -0.39 is 77.3 Å². The Kier molecular flexibility index (Phi) is 16.4. The van der Waals surface area contributed by atoms with Gasteiger partial charge < -0.3 is 30.0 Å². The van der Waals surface area contributed by atoms with E-state index in [1.54, 1.807) is 0 Å². The average Bonchev–Trinajstić information content (AvgIpc) is 2.63. The van der Waals surface area contributed by atoms with Crippen LogP contribution < -0.4 is 69.3 Å². The Balaban J connectivity index is 0. The van der Waals surface area contributed by atoms with Gasteiger partial charge in [-0.25, -0.2) is 18.9 Å². The molecule has 0 heterocycles. The average molecular weight is 582 g/mol. The largest absolute Gasteiger partial charge is 1.00 e. The molecule has 0 radical (unpaired) electrons. The number of carbonyl (C=O) groups is 4. The molecule has 0 spiro atoms. The number of rotatable bonds is 13. The Bertz CT molecular complexity index is 878. The fraction of sp³-hybridized carbons (Fsp3) is 0.412. The maximum atomic E-state index is 14.3. The molecule has 1 atom stereocenters. The van der Waals surface area contributed by atoms with Gasteiger partial charge in [-0.3, -0.25) is 4.90 Å². The summed E-state index contributed by atoms with van der Waals surface area (Å²) in [6, 6.07) is 3.42. The Morgan fingerprint density at radius 2 is 1.44 bits per heavy atom. The van der Waals surface area contributed by atoms with Crippen molar-refractivity contribution in [3.8, 4) is 0 Å². The molecule has 178 valence electrons. The predicted molar refractivity (Wildman–Crippen MR) is 107 cm³/mol. The molecule has 1 aromatic carbocycles. The van der Waals surface area contributed by atoms with Gasteiger partial charge in [0.2, 0.25) is 5.00 Å². The van der Waals surface area contributed by atoms with Gasteiger partial charge in [0.1, 0.15) is 5.82 Å². The number of nitrogens with zero attached hydrogens (tertiary/aromatic N) is 2. The molecule has 0 saturated carbocycles. The first-order valence-electron chi connectivity index (χ1n) is 8.49. The van der Waals surface area contributed by atoms with Crippen LogP contribution in [0.3, 0.4) is 0 Å². The van der Waals surface area contributed by atoms with Crippen molar-refractivity contribution in [2.45, 2.75) is 15.9 Å². The van der Waals surface area contributed by atoms with Gasteiger partial charge in [-0.1, -0.05) is 52.5 Å². The molecule has 0 aliphatic carbocycles. The third-order valence-electron chi connectivity index (χ3n) is 4.17. The van der Waals surface area contributed by atoms with Crippen molar-refractivity contribution < 1.29 is 103 Å². The molecular weight excluding hydrogens is 567 g/mol. The second-order valence-electron chi connectivity index (χ2n) is 6.39. The molecule has 0 aliphatic rings. The number of carboxylic acid groups (broad SMARTS) is 4. The molecule has 0 saturated heterocycles. The van der Waals surface area contributed by atoms with Gasteiger partial charge in [0.05, 0.1) is 11.9 Å². The molecule has 0 bridgehead atoms. The SMILES string of the molecule is O=C([O-])CN(CCN(C(Cl)(Cl)C(=O)O)C(Cl)(Cc1c(F)cccc1Cl)C(=O)O)CC(=O)[O-].[Na+].[Na+]. The zero-order valence-electron chi connectivity index (χ0n) is 17.9. The summed E-state index contributed by atoms with van der Waals surface area (Å²) in [4.78, 5) is 43.7. The van der Waals surface area contributed by atoms with E-state index in [1.807, 2.05) is 0 Å². The molecule has 1 unspecified atom stereocenters. The maximum Gasteiger partial charge on any atom is 1.00 e. The Morgan fingerprint density at radius 3 is 1.82 bits per heavy atom. The summed E-state index contributed by atoms with van der Waals surface area (Å²) in [7, 11) is 0. The Labute approximate surface area is 257 Å². The molecular formula is C17H15Cl4FN2Na2O8. The molecule has 10 nitrogen and oxygen atoms in total. The van der Waals surface area contributed by atoms with Gasteiger partial charge >= 0.3 is 71.1 Å². The van der Waals surface area contributed by atoms with Gasteiger partial charge in [-0.2, -0.15) is 0 Å². The minimum Gasteiger partial charge on any atom is -0.549 e. The molecule has 0 fully saturated rings. The van der Waals surface area contributed by atoms with Gasteiger partial charge in [-0.05, 0) is 12.1 Å². The molecule has 17 heteroatoms. The van der Waals surface area contributed by atoms with Crippen molar-refractivity contribution in [1.82, 2.24) is 9.80 Å². The van der Waals surface area contributed by atoms with Gasteiger partial charge in [-0.15, -0.1) is 0 Å². The number of alkyl halides is 3. The molecule has 0 amide bonds. The van der Waals surface area contributed by atoms with Crippen LogP contribution in [0, 0.1) is 5.82 Å². The summed E-state index contributed by atoms with van der Waals surface area (Å²) < 4.78 is 11.3. The van der Waals surface area contributed by atoms with E-state index in [0.717, 1.165) is 11.0 Å². The first kappa shape index (κ1) is 36.3. The van der Waals surface area contributed by atoms with Crippen molar-refractivity contribution in [3.05, 3.63) is 34.6 Å². The van der Waals surface area contributed by atoms with Gasteiger partial charge in [0.25, 0.3) is 4.46 Å². The maximum absolute atomic E-state index is 14.3. The zero-order chi connectivity index (χ0) is 24.9. The van der Waals surface area contributed by atoms with Crippen LogP contribution in [0.5, 0.6) is 0 Å². The fourth-order valence-corrected chi connectivity index (χ4v) is 3.82.